The Balaban J connectivity index is 1.95. The SMILES string of the molecule is CC(C)C(C)NC(=O)Cc1cn(-c2ccccc2)nc1-c1ccc([N+](=O)[O-])cc1. The van der Waals surface area contributed by atoms with Gasteiger partial charge in [-0.1, -0.05) is 32.0 Å². The molecular weight excluding hydrogens is 368 g/mol. The maximum atomic E-state index is 12.6. The highest BCUT2D eigenvalue weighted by Crippen LogP contribution is 2.26. The van der Waals surface area contributed by atoms with Crippen molar-refractivity contribution in [2.45, 2.75) is 33.2 Å². The van der Waals surface area contributed by atoms with Gasteiger partial charge >= 0.3 is 0 Å². The van der Waals surface area contributed by atoms with E-state index in [9.17, 15) is 14.9 Å². The number of carbonyl (C=O) groups is 1. The van der Waals surface area contributed by atoms with E-state index >= 15 is 0 Å². The molecule has 0 bridgehead atoms. The summed E-state index contributed by atoms with van der Waals surface area (Å²) in [4.78, 5) is 23.1. The van der Waals surface area contributed by atoms with Gasteiger partial charge in [0.1, 0.15) is 0 Å². The number of nitrogens with zero attached hydrogens (tertiary/aromatic N) is 3. The van der Waals surface area contributed by atoms with Gasteiger partial charge in [0.25, 0.3) is 5.69 Å². The molecular formula is C22H24N4O3. The second-order valence-corrected chi connectivity index (χ2v) is 7.36. The van der Waals surface area contributed by atoms with Crippen LogP contribution >= 0.6 is 0 Å². The molecule has 7 nitrogen and oxygen atoms in total. The number of hydrogen-bond donors (Lipinski definition) is 1. The number of hydrogen-bond acceptors (Lipinski definition) is 4. The summed E-state index contributed by atoms with van der Waals surface area (Å²) in [6.07, 6.45) is 2.02. The summed E-state index contributed by atoms with van der Waals surface area (Å²) in [5.41, 5.74) is 3.01. The number of nitro groups is 1. The van der Waals surface area contributed by atoms with Crippen molar-refractivity contribution in [3.8, 4) is 16.9 Å². The number of aromatic nitrogens is 2. The number of benzene rings is 2. The minimum atomic E-state index is -0.436. The van der Waals surface area contributed by atoms with Crippen molar-refractivity contribution < 1.29 is 9.72 Å². The Bertz CT molecular complexity index is 995. The van der Waals surface area contributed by atoms with Crippen LogP contribution in [0.1, 0.15) is 26.3 Å². The highest BCUT2D eigenvalue weighted by atomic mass is 16.6. The first-order chi connectivity index (χ1) is 13.8. The summed E-state index contributed by atoms with van der Waals surface area (Å²) in [6, 6.07) is 15.9. The predicted octanol–water partition coefficient (Wildman–Crippen LogP) is 4.15. The zero-order chi connectivity index (χ0) is 21.0. The van der Waals surface area contributed by atoms with Crippen molar-refractivity contribution in [2.24, 2.45) is 5.92 Å². The fourth-order valence-electron chi connectivity index (χ4n) is 2.88. The van der Waals surface area contributed by atoms with E-state index in [1.165, 1.54) is 12.1 Å². The number of non-ortho nitro benzene ring substituents is 1. The molecule has 0 aliphatic heterocycles. The van der Waals surface area contributed by atoms with Gasteiger partial charge in [0.15, 0.2) is 0 Å². The molecule has 29 heavy (non-hydrogen) atoms. The highest BCUT2D eigenvalue weighted by molar-refractivity contribution is 5.81. The molecule has 0 radical (unpaired) electrons. The predicted molar refractivity (Wildman–Crippen MR) is 112 cm³/mol. The molecule has 3 rings (SSSR count). The van der Waals surface area contributed by atoms with Gasteiger partial charge in [-0.3, -0.25) is 14.9 Å². The standard InChI is InChI=1S/C22H24N4O3/c1-15(2)16(3)23-21(27)13-18-14-25(19-7-5-4-6-8-19)24-22(18)17-9-11-20(12-10-17)26(28)29/h4-12,14-16H,13H2,1-3H3,(H,23,27). The maximum Gasteiger partial charge on any atom is 0.269 e. The number of nitrogens with one attached hydrogen (secondary N) is 1. The molecule has 150 valence electrons. The third kappa shape index (κ3) is 4.87. The molecule has 3 aromatic rings. The first-order valence-electron chi connectivity index (χ1n) is 9.53. The third-order valence-corrected chi connectivity index (χ3v) is 4.90. The van der Waals surface area contributed by atoms with Gasteiger partial charge in [0.2, 0.25) is 5.91 Å². The second kappa shape index (κ2) is 8.68. The van der Waals surface area contributed by atoms with E-state index in [0.717, 1.165) is 16.8 Å². The molecule has 2 aromatic carbocycles. The molecule has 1 amide bonds. The highest BCUT2D eigenvalue weighted by Gasteiger charge is 2.18. The van der Waals surface area contributed by atoms with Crippen molar-refractivity contribution in [3.05, 3.63) is 76.5 Å². The minimum Gasteiger partial charge on any atom is -0.353 e. The largest absolute Gasteiger partial charge is 0.353 e. The van der Waals surface area contributed by atoms with E-state index in [1.54, 1.807) is 16.8 Å². The Morgan fingerprint density at radius 1 is 1.10 bits per heavy atom. The van der Waals surface area contributed by atoms with Crippen LogP contribution in [0.3, 0.4) is 0 Å². The zero-order valence-corrected chi connectivity index (χ0v) is 16.7. The Morgan fingerprint density at radius 3 is 2.34 bits per heavy atom. The van der Waals surface area contributed by atoms with Gasteiger partial charge in [-0.25, -0.2) is 4.68 Å². The first-order valence-corrected chi connectivity index (χ1v) is 9.53. The van der Waals surface area contributed by atoms with Crippen LogP contribution in [0.4, 0.5) is 5.69 Å². The Hall–Kier alpha value is -3.48. The van der Waals surface area contributed by atoms with Gasteiger partial charge in [0, 0.05) is 35.5 Å². The van der Waals surface area contributed by atoms with Gasteiger partial charge in [-0.15, -0.1) is 0 Å². The smallest absolute Gasteiger partial charge is 0.269 e. The van der Waals surface area contributed by atoms with Crippen LogP contribution in [0.2, 0.25) is 0 Å². The average molecular weight is 392 g/mol. The van der Waals surface area contributed by atoms with Crippen molar-refractivity contribution >= 4 is 11.6 Å². The lowest BCUT2D eigenvalue weighted by Crippen LogP contribution is -2.37. The van der Waals surface area contributed by atoms with Crippen molar-refractivity contribution in [2.75, 3.05) is 0 Å². The molecule has 0 saturated heterocycles. The molecule has 7 heteroatoms. The van der Waals surface area contributed by atoms with E-state index < -0.39 is 4.92 Å². The fourth-order valence-corrected chi connectivity index (χ4v) is 2.88. The molecule has 0 aliphatic rings. The van der Waals surface area contributed by atoms with Crippen LogP contribution in [-0.2, 0) is 11.2 Å². The number of amides is 1. The summed E-state index contributed by atoms with van der Waals surface area (Å²) >= 11 is 0. The monoisotopic (exact) mass is 392 g/mol. The lowest BCUT2D eigenvalue weighted by molar-refractivity contribution is -0.384. The van der Waals surface area contributed by atoms with Crippen molar-refractivity contribution in [3.63, 3.8) is 0 Å². The molecule has 1 aromatic heterocycles. The molecule has 0 aliphatic carbocycles. The minimum absolute atomic E-state index is 0.0151. The quantitative estimate of drug-likeness (QED) is 0.483. The van der Waals surface area contributed by atoms with Crippen molar-refractivity contribution in [1.29, 1.82) is 0 Å². The van der Waals surface area contributed by atoms with E-state index in [2.05, 4.69) is 24.3 Å². The number of rotatable bonds is 7. The number of carbonyl (C=O) groups excluding carboxylic acids is 1. The number of para-hydroxylation sites is 1. The molecule has 0 saturated carbocycles. The van der Waals surface area contributed by atoms with Gasteiger partial charge in [-0.05, 0) is 37.1 Å². The van der Waals surface area contributed by atoms with Crippen LogP contribution < -0.4 is 5.32 Å². The lowest BCUT2D eigenvalue weighted by Gasteiger charge is -2.17. The van der Waals surface area contributed by atoms with Crippen molar-refractivity contribution in [1.82, 2.24) is 15.1 Å². The maximum absolute atomic E-state index is 12.6. The van der Waals surface area contributed by atoms with Crippen LogP contribution in [0.25, 0.3) is 16.9 Å². The van der Waals surface area contributed by atoms with Gasteiger partial charge in [-0.2, -0.15) is 5.10 Å². The van der Waals surface area contributed by atoms with E-state index in [4.69, 9.17) is 0 Å². The fraction of sp³-hybridized carbons (Fsp3) is 0.273. The molecule has 0 fully saturated rings. The molecule has 0 spiro atoms. The normalized spacial score (nSPS) is 12.0. The van der Waals surface area contributed by atoms with Gasteiger partial charge in [0.05, 0.1) is 22.7 Å². The Kier molecular flexibility index (Phi) is 6.07. The summed E-state index contributed by atoms with van der Waals surface area (Å²) in [5.74, 6) is 0.252. The topological polar surface area (TPSA) is 90.1 Å². The number of nitro benzene ring substituents is 1. The summed E-state index contributed by atoms with van der Waals surface area (Å²) in [5, 5.41) is 18.6. The summed E-state index contributed by atoms with van der Waals surface area (Å²) in [7, 11) is 0. The molecule has 1 unspecified atom stereocenters. The van der Waals surface area contributed by atoms with Crippen LogP contribution in [-0.4, -0.2) is 26.7 Å². The van der Waals surface area contributed by atoms with Gasteiger partial charge < -0.3 is 5.32 Å². The Labute approximate surface area is 169 Å². The van der Waals surface area contributed by atoms with E-state index in [0.29, 0.717) is 11.6 Å². The molecule has 1 atom stereocenters. The van der Waals surface area contributed by atoms with Crippen LogP contribution in [0.15, 0.2) is 60.8 Å². The van der Waals surface area contributed by atoms with Crippen LogP contribution in [0.5, 0.6) is 0 Å². The first kappa shape index (κ1) is 20.3. The van der Waals surface area contributed by atoms with E-state index in [1.807, 2.05) is 43.5 Å². The molecule has 1 N–H and O–H groups in total. The average Bonchev–Trinajstić information content (AvgIpc) is 3.12. The summed E-state index contributed by atoms with van der Waals surface area (Å²) < 4.78 is 1.73. The summed E-state index contributed by atoms with van der Waals surface area (Å²) in [6.45, 7) is 6.09. The Morgan fingerprint density at radius 2 is 1.76 bits per heavy atom. The second-order valence-electron chi connectivity index (χ2n) is 7.36. The van der Waals surface area contributed by atoms with E-state index in [-0.39, 0.29) is 24.1 Å². The third-order valence-electron chi connectivity index (χ3n) is 4.90. The van der Waals surface area contributed by atoms with Crippen LogP contribution in [0, 0.1) is 16.0 Å². The zero-order valence-electron chi connectivity index (χ0n) is 16.7. The lowest BCUT2D eigenvalue weighted by atomic mass is 10.0. The molecule has 1 heterocycles.